The highest BCUT2D eigenvalue weighted by atomic mass is 19.3. The molecule has 1 rings (SSSR count). The van der Waals surface area contributed by atoms with Gasteiger partial charge in [0.05, 0.1) is 0 Å². The minimum Gasteiger partial charge on any atom is -0.420 e. The lowest BCUT2D eigenvalue weighted by Gasteiger charge is -1.84. The zero-order valence-electron chi connectivity index (χ0n) is 6.64. The molecule has 0 spiro atoms. The van der Waals surface area contributed by atoms with E-state index in [0.717, 1.165) is 0 Å². The van der Waals surface area contributed by atoms with Crippen LogP contribution in [-0.4, -0.2) is 10.2 Å². The standard InChI is InChI=1S/C4H4F2N2O.C2H6/c1-2-7-8-4(9-2)3(5)6;1-2/h3H,1H3;1-2H3. The van der Waals surface area contributed by atoms with Gasteiger partial charge in [0.2, 0.25) is 5.89 Å². The maximum atomic E-state index is 11.6. The maximum Gasteiger partial charge on any atom is 0.314 e. The Labute approximate surface area is 63.4 Å². The molecule has 0 unspecified atom stereocenters. The summed E-state index contributed by atoms with van der Waals surface area (Å²) in [4.78, 5) is 0. The summed E-state index contributed by atoms with van der Waals surface area (Å²) < 4.78 is 27.5. The molecule has 64 valence electrons. The third-order valence-corrected chi connectivity index (χ3v) is 0.728. The molecule has 0 aliphatic heterocycles. The topological polar surface area (TPSA) is 38.9 Å². The zero-order chi connectivity index (χ0) is 8.85. The van der Waals surface area contributed by atoms with E-state index in [2.05, 4.69) is 14.6 Å². The average Bonchev–Trinajstić information content (AvgIpc) is 2.40. The number of halogens is 2. The molecule has 1 heterocycles. The van der Waals surface area contributed by atoms with E-state index in [1.807, 2.05) is 13.8 Å². The van der Waals surface area contributed by atoms with Gasteiger partial charge in [0, 0.05) is 6.92 Å². The number of aromatic nitrogens is 2. The summed E-state index contributed by atoms with van der Waals surface area (Å²) in [7, 11) is 0. The van der Waals surface area contributed by atoms with Crippen LogP contribution >= 0.6 is 0 Å². The second kappa shape index (κ2) is 4.76. The minimum absolute atomic E-state index is 0.158. The van der Waals surface area contributed by atoms with Gasteiger partial charge in [0.15, 0.2) is 0 Å². The highest BCUT2D eigenvalue weighted by Gasteiger charge is 2.13. The summed E-state index contributed by atoms with van der Waals surface area (Å²) >= 11 is 0. The van der Waals surface area contributed by atoms with Gasteiger partial charge in [-0.05, 0) is 0 Å². The van der Waals surface area contributed by atoms with Crippen LogP contribution < -0.4 is 0 Å². The van der Waals surface area contributed by atoms with Crippen LogP contribution in [0, 0.1) is 6.92 Å². The Morgan fingerprint density at radius 1 is 1.27 bits per heavy atom. The van der Waals surface area contributed by atoms with E-state index in [1.165, 1.54) is 6.92 Å². The van der Waals surface area contributed by atoms with Crippen molar-refractivity contribution in [3.8, 4) is 0 Å². The molecule has 0 fully saturated rings. The van der Waals surface area contributed by atoms with Crippen molar-refractivity contribution in [1.82, 2.24) is 10.2 Å². The van der Waals surface area contributed by atoms with Crippen molar-refractivity contribution < 1.29 is 13.2 Å². The SMILES string of the molecule is CC.Cc1nnc(C(F)F)o1. The Morgan fingerprint density at radius 2 is 1.82 bits per heavy atom. The van der Waals surface area contributed by atoms with Crippen LogP contribution in [-0.2, 0) is 0 Å². The number of aryl methyl sites for hydroxylation is 1. The van der Waals surface area contributed by atoms with Crippen LogP contribution in [0.4, 0.5) is 8.78 Å². The van der Waals surface area contributed by atoms with E-state index in [-0.39, 0.29) is 5.89 Å². The Kier molecular flexibility index (Phi) is 4.33. The van der Waals surface area contributed by atoms with Crippen LogP contribution in [0.15, 0.2) is 4.42 Å². The smallest absolute Gasteiger partial charge is 0.314 e. The first-order chi connectivity index (χ1) is 5.20. The molecule has 0 saturated heterocycles. The molecule has 3 nitrogen and oxygen atoms in total. The van der Waals surface area contributed by atoms with Crippen LogP contribution in [0.3, 0.4) is 0 Å². The summed E-state index contributed by atoms with van der Waals surface area (Å²) in [6.45, 7) is 5.46. The Bertz CT molecular complexity index is 200. The molecule has 0 bridgehead atoms. The van der Waals surface area contributed by atoms with Gasteiger partial charge in [-0.25, -0.2) is 0 Å². The molecule has 1 aromatic heterocycles. The lowest BCUT2D eigenvalue weighted by atomic mass is 10.7. The Morgan fingerprint density at radius 3 is 2.00 bits per heavy atom. The van der Waals surface area contributed by atoms with E-state index in [4.69, 9.17) is 0 Å². The van der Waals surface area contributed by atoms with Gasteiger partial charge in [-0.2, -0.15) is 8.78 Å². The summed E-state index contributed by atoms with van der Waals surface area (Å²) in [6, 6.07) is 0. The predicted octanol–water partition coefficient (Wildman–Crippen LogP) is 2.34. The van der Waals surface area contributed by atoms with Gasteiger partial charge in [0.1, 0.15) is 0 Å². The van der Waals surface area contributed by atoms with Crippen molar-refractivity contribution in [2.24, 2.45) is 0 Å². The summed E-state index contributed by atoms with van der Waals surface area (Å²) in [5.41, 5.74) is 0. The van der Waals surface area contributed by atoms with E-state index in [1.54, 1.807) is 0 Å². The minimum atomic E-state index is -2.66. The number of rotatable bonds is 1. The summed E-state index contributed by atoms with van der Waals surface area (Å²) in [6.07, 6.45) is -2.66. The third-order valence-electron chi connectivity index (χ3n) is 0.728. The molecule has 5 heteroatoms. The van der Waals surface area contributed by atoms with E-state index in [9.17, 15) is 8.78 Å². The second-order valence-electron chi connectivity index (χ2n) is 1.46. The van der Waals surface area contributed by atoms with Gasteiger partial charge in [-0.3, -0.25) is 0 Å². The van der Waals surface area contributed by atoms with E-state index >= 15 is 0 Å². The van der Waals surface area contributed by atoms with Crippen molar-refractivity contribution in [2.45, 2.75) is 27.2 Å². The molecular weight excluding hydrogens is 154 g/mol. The van der Waals surface area contributed by atoms with Gasteiger partial charge in [-0.15, -0.1) is 10.2 Å². The van der Waals surface area contributed by atoms with Crippen LogP contribution in [0.25, 0.3) is 0 Å². The molecular formula is C6H10F2N2O. The molecule has 1 aromatic rings. The molecule has 0 aliphatic carbocycles. The van der Waals surface area contributed by atoms with Crippen molar-refractivity contribution >= 4 is 0 Å². The van der Waals surface area contributed by atoms with Crippen LogP contribution in [0.1, 0.15) is 32.1 Å². The highest BCUT2D eigenvalue weighted by Crippen LogP contribution is 2.15. The fraction of sp³-hybridized carbons (Fsp3) is 0.667. The van der Waals surface area contributed by atoms with Crippen molar-refractivity contribution in [2.75, 3.05) is 0 Å². The molecule has 0 radical (unpaired) electrons. The monoisotopic (exact) mass is 164 g/mol. The Hall–Kier alpha value is -1.00. The van der Waals surface area contributed by atoms with Crippen molar-refractivity contribution in [1.29, 1.82) is 0 Å². The number of nitrogens with zero attached hydrogens (tertiary/aromatic N) is 2. The Balaban J connectivity index is 0.000000461. The van der Waals surface area contributed by atoms with Gasteiger partial charge >= 0.3 is 6.43 Å². The van der Waals surface area contributed by atoms with Crippen LogP contribution in [0.5, 0.6) is 0 Å². The molecule has 0 amide bonds. The molecule has 0 aliphatic rings. The van der Waals surface area contributed by atoms with E-state index in [0.29, 0.717) is 0 Å². The third kappa shape index (κ3) is 3.06. The fourth-order valence-corrected chi connectivity index (χ4v) is 0.400. The largest absolute Gasteiger partial charge is 0.420 e. The van der Waals surface area contributed by atoms with Gasteiger partial charge < -0.3 is 4.42 Å². The first kappa shape index (κ1) is 10.0. The van der Waals surface area contributed by atoms with Crippen molar-refractivity contribution in [3.05, 3.63) is 11.8 Å². The molecule has 0 N–H and O–H groups in total. The summed E-state index contributed by atoms with van der Waals surface area (Å²) in [5, 5.41) is 6.29. The van der Waals surface area contributed by atoms with Gasteiger partial charge in [0.25, 0.3) is 5.89 Å². The number of hydrogen-bond acceptors (Lipinski definition) is 3. The number of alkyl halides is 2. The lowest BCUT2D eigenvalue weighted by molar-refractivity contribution is 0.114. The second-order valence-corrected chi connectivity index (χ2v) is 1.46. The van der Waals surface area contributed by atoms with Crippen molar-refractivity contribution in [3.63, 3.8) is 0 Å². The quantitative estimate of drug-likeness (QED) is 0.639. The fourth-order valence-electron chi connectivity index (χ4n) is 0.400. The number of hydrogen-bond donors (Lipinski definition) is 0. The van der Waals surface area contributed by atoms with E-state index < -0.39 is 12.3 Å². The lowest BCUT2D eigenvalue weighted by Crippen LogP contribution is -1.81. The highest BCUT2D eigenvalue weighted by molar-refractivity contribution is 4.78. The van der Waals surface area contributed by atoms with Crippen LogP contribution in [0.2, 0.25) is 0 Å². The molecule has 0 atom stereocenters. The zero-order valence-corrected chi connectivity index (χ0v) is 6.64. The molecule has 11 heavy (non-hydrogen) atoms. The molecule has 0 saturated carbocycles. The first-order valence-electron chi connectivity index (χ1n) is 3.28. The predicted molar refractivity (Wildman–Crippen MR) is 35.3 cm³/mol. The summed E-state index contributed by atoms with van der Waals surface area (Å²) in [5.74, 6) is -0.460. The van der Waals surface area contributed by atoms with Gasteiger partial charge in [-0.1, -0.05) is 13.8 Å². The maximum absolute atomic E-state index is 11.6. The molecule has 0 aromatic carbocycles. The average molecular weight is 164 g/mol. The normalized spacial score (nSPS) is 9.27. The first-order valence-corrected chi connectivity index (χ1v) is 3.28.